The summed E-state index contributed by atoms with van der Waals surface area (Å²) < 4.78 is 44.1. The Kier molecular flexibility index (Phi) is 5.81. The Bertz CT molecular complexity index is 970. The fourth-order valence-electron chi connectivity index (χ4n) is 2.93. The Morgan fingerprint density at radius 1 is 1.52 bits per heavy atom. The van der Waals surface area contributed by atoms with Gasteiger partial charge < -0.3 is 9.47 Å². The van der Waals surface area contributed by atoms with Crippen LogP contribution < -0.4 is 11.2 Å². The zero-order chi connectivity index (χ0) is 19.6. The predicted octanol–water partition coefficient (Wildman–Crippen LogP) is 0.124. The molecule has 4 atom stereocenters. The maximum absolute atomic E-state index is 14.5. The monoisotopic (exact) mass is 400 g/mol. The number of aromatic nitrogens is 2. The Labute approximate surface area is 156 Å². The van der Waals surface area contributed by atoms with Crippen molar-refractivity contribution >= 4 is 10.3 Å². The van der Waals surface area contributed by atoms with Crippen molar-refractivity contribution in [2.75, 3.05) is 26.3 Å². The molecule has 3 heterocycles. The van der Waals surface area contributed by atoms with E-state index in [0.29, 0.717) is 18.7 Å². The minimum atomic E-state index is -4.01. The molecule has 0 aromatic carbocycles. The van der Waals surface area contributed by atoms with Crippen molar-refractivity contribution in [1.29, 1.82) is 0 Å². The van der Waals surface area contributed by atoms with E-state index in [0.717, 1.165) is 6.42 Å². The average Bonchev–Trinajstić information content (AvgIpc) is 2.91. The molecule has 2 unspecified atom stereocenters. The summed E-state index contributed by atoms with van der Waals surface area (Å²) in [6, 6.07) is -0.787. The summed E-state index contributed by atoms with van der Waals surface area (Å²) in [6.07, 6.45) is 5.88. The number of aromatic amines is 1. The average molecular weight is 400 g/mol. The summed E-state index contributed by atoms with van der Waals surface area (Å²) in [5.41, 5.74) is -0.814. The lowest BCUT2D eigenvalue weighted by Crippen LogP contribution is -2.40. The highest BCUT2D eigenvalue weighted by Gasteiger charge is 2.39. The zero-order valence-electron chi connectivity index (χ0n) is 14.8. The van der Waals surface area contributed by atoms with Crippen LogP contribution in [0.1, 0.15) is 24.6 Å². The van der Waals surface area contributed by atoms with Crippen LogP contribution in [0, 0.1) is 19.3 Å². The Morgan fingerprint density at radius 3 is 2.89 bits per heavy atom. The first-order chi connectivity index (χ1) is 12.8. The Balaban J connectivity index is 1.87. The topological polar surface area (TPSA) is 106 Å². The number of aryl methyl sites for hydroxylation is 1. The molecule has 2 saturated heterocycles. The third-order valence-corrected chi connectivity index (χ3v) is 6.06. The van der Waals surface area contributed by atoms with Crippen LogP contribution in [-0.2, 0) is 19.8 Å². The first-order valence-corrected chi connectivity index (χ1v) is 9.88. The van der Waals surface area contributed by atoms with E-state index < -0.39 is 39.9 Å². The number of ether oxygens (including phenoxy) is 2. The van der Waals surface area contributed by atoms with Gasteiger partial charge in [-0.3, -0.25) is 14.3 Å². The molecule has 2 aliphatic rings. The first-order valence-electron chi connectivity index (χ1n) is 8.51. The smallest absolute Gasteiger partial charge is 0.330 e. The second-order valence-corrected chi connectivity index (χ2v) is 8.04. The van der Waals surface area contributed by atoms with Gasteiger partial charge in [-0.05, 0) is 13.3 Å². The molecule has 0 saturated carbocycles. The molecule has 0 aliphatic carbocycles. The Hall–Kier alpha value is -2.00. The normalized spacial score (nSPS) is 27.5. The molecular weight excluding hydrogens is 379 g/mol. The fraction of sp³-hybridized carbons (Fsp3) is 0.625. The van der Waals surface area contributed by atoms with E-state index in [4.69, 9.17) is 15.9 Å². The second-order valence-electron chi connectivity index (χ2n) is 6.45. The molecule has 1 aromatic heterocycles. The standard InChI is InChI=1S/C16H21FN4O5S/c1-3-7-25-10-13-12(19-27(17,24)20-5-4-6-20)8-14(26-13)21-9-11(2)15(22)18-16(21)23/h1,9,12-14H,4-8,10H2,2H3,(H,18,22,23)/t12?,13-,14-,27?/m1/s1. The summed E-state index contributed by atoms with van der Waals surface area (Å²) in [5, 5.41) is 0. The highest BCUT2D eigenvalue weighted by atomic mass is 32.3. The number of hydrogen-bond acceptors (Lipinski definition) is 6. The molecule has 0 bridgehead atoms. The van der Waals surface area contributed by atoms with Crippen LogP contribution in [-0.4, -0.2) is 56.5 Å². The molecule has 148 valence electrons. The number of hydrogen-bond donors (Lipinski definition) is 1. The van der Waals surface area contributed by atoms with Gasteiger partial charge >= 0.3 is 5.69 Å². The van der Waals surface area contributed by atoms with E-state index in [2.05, 4.69) is 15.3 Å². The van der Waals surface area contributed by atoms with Crippen molar-refractivity contribution < 1.29 is 17.6 Å². The molecule has 11 heteroatoms. The van der Waals surface area contributed by atoms with Gasteiger partial charge in [-0.2, -0.15) is 12.9 Å². The van der Waals surface area contributed by atoms with Gasteiger partial charge in [0.05, 0.1) is 12.6 Å². The van der Waals surface area contributed by atoms with E-state index in [1.165, 1.54) is 15.1 Å². The molecule has 1 aromatic rings. The molecule has 0 amide bonds. The van der Waals surface area contributed by atoms with Crippen LogP contribution >= 0.6 is 0 Å². The van der Waals surface area contributed by atoms with Crippen LogP contribution in [0.2, 0.25) is 0 Å². The molecule has 2 aliphatic heterocycles. The molecule has 9 nitrogen and oxygen atoms in total. The van der Waals surface area contributed by atoms with Crippen molar-refractivity contribution in [3.05, 3.63) is 32.6 Å². The van der Waals surface area contributed by atoms with Crippen LogP contribution in [0.3, 0.4) is 0 Å². The lowest BCUT2D eigenvalue weighted by Gasteiger charge is -2.29. The quantitative estimate of drug-likeness (QED) is 0.415. The highest BCUT2D eigenvalue weighted by molar-refractivity contribution is 7.86. The number of nitrogens with zero attached hydrogens (tertiary/aromatic N) is 3. The number of H-pyrrole nitrogens is 1. The van der Waals surface area contributed by atoms with Crippen LogP contribution in [0.15, 0.2) is 20.1 Å². The van der Waals surface area contributed by atoms with Gasteiger partial charge in [0.15, 0.2) is 0 Å². The maximum atomic E-state index is 14.5. The van der Waals surface area contributed by atoms with Gasteiger partial charge in [0.1, 0.15) is 18.9 Å². The van der Waals surface area contributed by atoms with Crippen molar-refractivity contribution in [3.63, 3.8) is 0 Å². The summed E-state index contributed by atoms with van der Waals surface area (Å²) in [7, 11) is -4.01. The summed E-state index contributed by atoms with van der Waals surface area (Å²) in [5.74, 6) is 2.31. The highest BCUT2D eigenvalue weighted by Crippen LogP contribution is 2.32. The third kappa shape index (κ3) is 4.30. The first kappa shape index (κ1) is 19.8. The van der Waals surface area contributed by atoms with Crippen LogP contribution in [0.5, 0.6) is 0 Å². The molecule has 27 heavy (non-hydrogen) atoms. The maximum Gasteiger partial charge on any atom is 0.330 e. The van der Waals surface area contributed by atoms with Crippen molar-refractivity contribution in [2.24, 2.45) is 4.36 Å². The van der Waals surface area contributed by atoms with Gasteiger partial charge in [-0.25, -0.2) is 4.79 Å². The van der Waals surface area contributed by atoms with Crippen molar-refractivity contribution in [2.45, 2.75) is 38.1 Å². The van der Waals surface area contributed by atoms with Crippen molar-refractivity contribution in [3.8, 4) is 12.3 Å². The molecule has 2 fully saturated rings. The number of halogens is 1. The van der Waals surface area contributed by atoms with E-state index in [1.807, 2.05) is 0 Å². The zero-order valence-corrected chi connectivity index (χ0v) is 15.6. The lowest BCUT2D eigenvalue weighted by atomic mass is 10.1. The second kappa shape index (κ2) is 7.93. The molecule has 3 rings (SSSR count). The summed E-state index contributed by atoms with van der Waals surface area (Å²) in [6.45, 7) is 2.37. The Morgan fingerprint density at radius 2 is 2.26 bits per heavy atom. The van der Waals surface area contributed by atoms with E-state index >= 15 is 0 Å². The molecule has 0 radical (unpaired) electrons. The number of nitrogens with one attached hydrogen (secondary N) is 1. The minimum Gasteiger partial charge on any atom is -0.366 e. The summed E-state index contributed by atoms with van der Waals surface area (Å²) in [4.78, 5) is 25.8. The van der Waals surface area contributed by atoms with Crippen molar-refractivity contribution in [1.82, 2.24) is 13.9 Å². The minimum absolute atomic E-state index is 0.0153. The van der Waals surface area contributed by atoms with Gasteiger partial charge in [-0.15, -0.1) is 10.3 Å². The third-order valence-electron chi connectivity index (χ3n) is 4.53. The molecular formula is C16H21FN4O5S. The van der Waals surface area contributed by atoms with Gasteiger partial charge in [0, 0.05) is 31.3 Å². The fourth-order valence-corrected chi connectivity index (χ4v) is 4.32. The number of rotatable bonds is 6. The largest absolute Gasteiger partial charge is 0.366 e. The molecule has 1 N–H and O–H groups in total. The SMILES string of the molecule is C#CCOC[C@H]1O[C@@H](n2cc(C)c(=O)[nH]c2=O)CC1N=S(=O)(F)N1CCC1. The van der Waals surface area contributed by atoms with Gasteiger partial charge in [0.25, 0.3) is 15.9 Å². The molecule has 0 spiro atoms. The van der Waals surface area contributed by atoms with Gasteiger partial charge in [-0.1, -0.05) is 5.92 Å². The van der Waals surface area contributed by atoms with Crippen LogP contribution in [0.25, 0.3) is 0 Å². The van der Waals surface area contributed by atoms with E-state index in [9.17, 15) is 17.7 Å². The van der Waals surface area contributed by atoms with E-state index in [-0.39, 0.29) is 19.6 Å². The predicted molar refractivity (Wildman–Crippen MR) is 95.9 cm³/mol. The lowest BCUT2D eigenvalue weighted by molar-refractivity contribution is -0.0404. The summed E-state index contributed by atoms with van der Waals surface area (Å²) >= 11 is 0. The van der Waals surface area contributed by atoms with Gasteiger partial charge in [0.2, 0.25) is 0 Å². The number of terminal acetylenes is 1. The van der Waals surface area contributed by atoms with E-state index in [1.54, 1.807) is 6.92 Å². The van der Waals surface area contributed by atoms with Crippen LogP contribution in [0.4, 0.5) is 3.89 Å².